The number of imidazole rings is 1. The van der Waals surface area contributed by atoms with E-state index in [4.69, 9.17) is 17.3 Å². The Labute approximate surface area is 80.3 Å². The minimum atomic E-state index is 0.479. The number of hydrogen-bond donors (Lipinski definition) is 1. The molecule has 0 aromatic carbocycles. The Hall–Kier alpha value is -1.29. The van der Waals surface area contributed by atoms with Crippen LogP contribution in [0.4, 0.5) is 5.95 Å². The van der Waals surface area contributed by atoms with Crippen LogP contribution in [0.1, 0.15) is 6.92 Å². The van der Waals surface area contributed by atoms with Gasteiger partial charge in [0.1, 0.15) is 5.52 Å². The molecule has 0 atom stereocenters. The highest BCUT2D eigenvalue weighted by molar-refractivity contribution is 6.31. The summed E-state index contributed by atoms with van der Waals surface area (Å²) in [5.74, 6) is 0.479. The molecule has 0 fully saturated rings. The van der Waals surface area contributed by atoms with Gasteiger partial charge in [-0.2, -0.15) is 0 Å². The van der Waals surface area contributed by atoms with Crippen LogP contribution in [-0.2, 0) is 6.54 Å². The lowest BCUT2D eigenvalue weighted by Gasteiger charge is -1.99. The fourth-order valence-electron chi connectivity index (χ4n) is 1.32. The van der Waals surface area contributed by atoms with Crippen LogP contribution in [0.2, 0.25) is 5.02 Å². The number of aryl methyl sites for hydroxylation is 1. The quantitative estimate of drug-likeness (QED) is 0.755. The number of nitrogens with two attached hydrogens (primary N) is 1. The van der Waals surface area contributed by atoms with Gasteiger partial charge in [-0.3, -0.25) is 4.57 Å². The maximum atomic E-state index is 5.77. The number of anilines is 1. The SMILES string of the molecule is CCn1c(N)nc2cc(Cl)cnc21. The van der Waals surface area contributed by atoms with E-state index in [1.807, 2.05) is 11.5 Å². The van der Waals surface area contributed by atoms with Crippen LogP contribution in [0.15, 0.2) is 12.3 Å². The van der Waals surface area contributed by atoms with Crippen molar-refractivity contribution in [2.24, 2.45) is 0 Å². The molecule has 2 aromatic heterocycles. The van der Waals surface area contributed by atoms with Crippen molar-refractivity contribution in [3.05, 3.63) is 17.3 Å². The predicted molar refractivity (Wildman–Crippen MR) is 52.6 cm³/mol. The summed E-state index contributed by atoms with van der Waals surface area (Å²) < 4.78 is 1.84. The van der Waals surface area contributed by atoms with Gasteiger partial charge in [0.15, 0.2) is 5.65 Å². The van der Waals surface area contributed by atoms with Gasteiger partial charge >= 0.3 is 0 Å². The van der Waals surface area contributed by atoms with Crippen LogP contribution in [0, 0.1) is 0 Å². The molecule has 4 nitrogen and oxygen atoms in total. The van der Waals surface area contributed by atoms with Crippen LogP contribution in [0.3, 0.4) is 0 Å². The summed E-state index contributed by atoms with van der Waals surface area (Å²) in [6.45, 7) is 2.75. The molecule has 68 valence electrons. The number of pyridine rings is 1. The molecule has 13 heavy (non-hydrogen) atoms. The summed E-state index contributed by atoms with van der Waals surface area (Å²) in [6.07, 6.45) is 1.59. The van der Waals surface area contributed by atoms with E-state index in [0.717, 1.165) is 17.7 Å². The van der Waals surface area contributed by atoms with Crippen LogP contribution in [0.5, 0.6) is 0 Å². The largest absolute Gasteiger partial charge is 0.369 e. The third kappa shape index (κ3) is 1.23. The maximum Gasteiger partial charge on any atom is 0.202 e. The first-order valence-electron chi connectivity index (χ1n) is 3.99. The van der Waals surface area contributed by atoms with E-state index < -0.39 is 0 Å². The Bertz CT molecular complexity index is 449. The second-order valence-electron chi connectivity index (χ2n) is 2.71. The molecule has 0 aliphatic rings. The first-order chi connectivity index (χ1) is 6.22. The summed E-state index contributed by atoms with van der Waals surface area (Å²) in [7, 11) is 0. The third-order valence-electron chi connectivity index (χ3n) is 1.90. The molecule has 0 saturated heterocycles. The molecule has 2 rings (SSSR count). The molecule has 0 spiro atoms. The molecule has 2 heterocycles. The smallest absolute Gasteiger partial charge is 0.202 e. The van der Waals surface area contributed by atoms with Gasteiger partial charge in [-0.1, -0.05) is 11.6 Å². The third-order valence-corrected chi connectivity index (χ3v) is 2.10. The Morgan fingerprint density at radius 2 is 2.38 bits per heavy atom. The number of rotatable bonds is 1. The zero-order valence-electron chi connectivity index (χ0n) is 7.16. The van der Waals surface area contributed by atoms with Crippen molar-refractivity contribution in [2.45, 2.75) is 13.5 Å². The fraction of sp³-hybridized carbons (Fsp3) is 0.250. The number of nitrogens with zero attached hydrogens (tertiary/aromatic N) is 3. The Balaban J connectivity index is 2.79. The first-order valence-corrected chi connectivity index (χ1v) is 4.37. The van der Waals surface area contributed by atoms with Gasteiger partial charge < -0.3 is 5.73 Å². The van der Waals surface area contributed by atoms with Crippen molar-refractivity contribution in [3.63, 3.8) is 0 Å². The molecular weight excluding hydrogens is 188 g/mol. The van der Waals surface area contributed by atoms with Crippen LogP contribution < -0.4 is 5.73 Å². The summed E-state index contributed by atoms with van der Waals surface area (Å²) in [6, 6.07) is 1.76. The lowest BCUT2D eigenvalue weighted by molar-refractivity contribution is 0.791. The fourth-order valence-corrected chi connectivity index (χ4v) is 1.47. The van der Waals surface area contributed by atoms with E-state index in [1.165, 1.54) is 0 Å². The molecule has 0 saturated carbocycles. The minimum Gasteiger partial charge on any atom is -0.369 e. The van der Waals surface area contributed by atoms with Crippen LogP contribution in [0.25, 0.3) is 11.2 Å². The standard InChI is InChI=1S/C8H9ClN4/c1-2-13-7-6(12-8(13)10)3-5(9)4-11-7/h3-4H,2H2,1H3,(H2,10,12). The van der Waals surface area contributed by atoms with E-state index >= 15 is 0 Å². The number of halogens is 1. The Morgan fingerprint density at radius 3 is 3.08 bits per heavy atom. The minimum absolute atomic E-state index is 0.479. The number of hydrogen-bond acceptors (Lipinski definition) is 3. The predicted octanol–water partition coefficient (Wildman–Crippen LogP) is 1.69. The maximum absolute atomic E-state index is 5.77. The Morgan fingerprint density at radius 1 is 1.62 bits per heavy atom. The van der Waals surface area contributed by atoms with Gasteiger partial charge in [0.2, 0.25) is 5.95 Å². The molecule has 0 aliphatic heterocycles. The van der Waals surface area contributed by atoms with Crippen molar-refractivity contribution in [2.75, 3.05) is 5.73 Å². The highest BCUT2D eigenvalue weighted by atomic mass is 35.5. The lowest BCUT2D eigenvalue weighted by Crippen LogP contribution is -2.01. The average Bonchev–Trinajstić information content (AvgIpc) is 2.39. The molecule has 0 amide bonds. The average molecular weight is 197 g/mol. The van der Waals surface area contributed by atoms with Gasteiger partial charge in [0, 0.05) is 12.7 Å². The monoisotopic (exact) mass is 196 g/mol. The summed E-state index contributed by atoms with van der Waals surface area (Å²) in [5.41, 5.74) is 7.21. The van der Waals surface area contributed by atoms with Gasteiger partial charge in [0.05, 0.1) is 5.02 Å². The molecule has 0 aliphatic carbocycles. The normalized spacial score (nSPS) is 10.9. The molecule has 2 aromatic rings. The van der Waals surface area contributed by atoms with Crippen molar-refractivity contribution in [1.82, 2.24) is 14.5 Å². The highest BCUT2D eigenvalue weighted by Crippen LogP contribution is 2.18. The summed E-state index contributed by atoms with van der Waals surface area (Å²) >= 11 is 5.77. The van der Waals surface area contributed by atoms with E-state index in [-0.39, 0.29) is 0 Å². The molecule has 5 heteroatoms. The summed E-state index contributed by atoms with van der Waals surface area (Å²) in [4.78, 5) is 8.30. The van der Waals surface area contributed by atoms with Crippen molar-refractivity contribution in [1.29, 1.82) is 0 Å². The number of fused-ring (bicyclic) bond motifs is 1. The van der Waals surface area contributed by atoms with E-state index in [1.54, 1.807) is 12.3 Å². The van der Waals surface area contributed by atoms with Crippen molar-refractivity contribution >= 4 is 28.7 Å². The highest BCUT2D eigenvalue weighted by Gasteiger charge is 2.07. The molecule has 0 radical (unpaired) electrons. The molecule has 2 N–H and O–H groups in total. The second kappa shape index (κ2) is 2.88. The van der Waals surface area contributed by atoms with Crippen LogP contribution >= 0.6 is 11.6 Å². The Kier molecular flexibility index (Phi) is 1.84. The zero-order valence-corrected chi connectivity index (χ0v) is 7.91. The van der Waals surface area contributed by atoms with Gasteiger partial charge in [-0.05, 0) is 13.0 Å². The number of aromatic nitrogens is 3. The van der Waals surface area contributed by atoms with Crippen LogP contribution in [-0.4, -0.2) is 14.5 Å². The van der Waals surface area contributed by atoms with Crippen molar-refractivity contribution < 1.29 is 0 Å². The zero-order chi connectivity index (χ0) is 9.42. The van der Waals surface area contributed by atoms with E-state index in [2.05, 4.69) is 9.97 Å². The van der Waals surface area contributed by atoms with Gasteiger partial charge in [0.25, 0.3) is 0 Å². The van der Waals surface area contributed by atoms with Crippen molar-refractivity contribution in [3.8, 4) is 0 Å². The lowest BCUT2D eigenvalue weighted by atomic mass is 10.4. The molecule has 0 bridgehead atoms. The summed E-state index contributed by atoms with van der Waals surface area (Å²) in [5, 5.41) is 0.577. The van der Waals surface area contributed by atoms with Gasteiger partial charge in [-0.15, -0.1) is 0 Å². The second-order valence-corrected chi connectivity index (χ2v) is 3.15. The topological polar surface area (TPSA) is 56.7 Å². The number of nitrogen functional groups attached to an aromatic ring is 1. The first kappa shape index (κ1) is 8.31. The van der Waals surface area contributed by atoms with E-state index in [0.29, 0.717) is 11.0 Å². The molecular formula is C8H9ClN4. The van der Waals surface area contributed by atoms with Gasteiger partial charge in [-0.25, -0.2) is 9.97 Å². The molecule has 0 unspecified atom stereocenters. The van der Waals surface area contributed by atoms with E-state index in [9.17, 15) is 0 Å².